The van der Waals surface area contributed by atoms with Gasteiger partial charge in [0.15, 0.2) is 0 Å². The Bertz CT molecular complexity index is 3200. The van der Waals surface area contributed by atoms with Crippen LogP contribution in [0, 0.1) is 0 Å². The predicted molar refractivity (Wildman–Crippen MR) is 197 cm³/mol. The van der Waals surface area contributed by atoms with Crippen LogP contribution in [0.15, 0.2) is 127 Å². The Morgan fingerprint density at radius 1 is 0.500 bits per heavy atom. The molecule has 0 aliphatic carbocycles. The molecule has 11 rings (SSSR count). The molecule has 6 aromatic carbocycles. The maximum Gasteiger partial charge on any atom is 0.0628 e. The van der Waals surface area contributed by atoms with Crippen molar-refractivity contribution < 1.29 is 0 Å². The first-order valence-corrected chi connectivity index (χ1v) is 15.9. The second-order valence-corrected chi connectivity index (χ2v) is 12.6. The van der Waals surface area contributed by atoms with Gasteiger partial charge in [0.05, 0.1) is 44.0 Å². The Kier molecular flexibility index (Phi) is 4.41. The minimum absolute atomic E-state index is 1.08. The van der Waals surface area contributed by atoms with Crippen LogP contribution in [-0.2, 0) is 0 Å². The molecule has 0 amide bonds. The lowest BCUT2D eigenvalue weighted by Crippen LogP contribution is -2.23. The lowest BCUT2D eigenvalue weighted by molar-refractivity contribution is 1.18. The Balaban J connectivity index is 1.44. The molecule has 214 valence electrons. The van der Waals surface area contributed by atoms with Crippen molar-refractivity contribution in [3.05, 3.63) is 138 Å². The van der Waals surface area contributed by atoms with E-state index in [0.717, 1.165) is 10.6 Å². The Hall–Kier alpha value is -6.06. The van der Waals surface area contributed by atoms with Crippen molar-refractivity contribution in [2.24, 2.45) is 0 Å². The van der Waals surface area contributed by atoms with Gasteiger partial charge in [-0.15, -0.1) is 0 Å². The number of aromatic nitrogens is 3. The standard InChI is InChI=1S/C43H27N3/c1-3-4-19-34-25(2)27-17-12-18-30-40-39(45(34)42(27)30)23-33-32-22-31-28-15-8-10-20-35(28)44(26-13-6-5-7-14-26)37(31)24-38(32)46-36-21-11-9-16-29(36)41(40)43(33)46/h3-24H,2H2,1H3/b4-3-,34-19+. The van der Waals surface area contributed by atoms with Gasteiger partial charge >= 0.3 is 0 Å². The second-order valence-electron chi connectivity index (χ2n) is 12.6. The molecule has 0 spiro atoms. The number of hydrogen-bond acceptors (Lipinski definition) is 0. The maximum atomic E-state index is 4.56. The lowest BCUT2D eigenvalue weighted by atomic mass is 10.0. The van der Waals surface area contributed by atoms with Gasteiger partial charge in [-0.05, 0) is 55.5 Å². The molecule has 0 bridgehead atoms. The zero-order valence-electron chi connectivity index (χ0n) is 25.3. The number of fused-ring (bicyclic) bond motifs is 13. The number of para-hydroxylation sites is 4. The first-order valence-electron chi connectivity index (χ1n) is 15.9. The molecule has 0 N–H and O–H groups in total. The molecule has 0 fully saturated rings. The summed E-state index contributed by atoms with van der Waals surface area (Å²) in [6, 6.07) is 42.5. The Morgan fingerprint density at radius 2 is 1.22 bits per heavy atom. The van der Waals surface area contributed by atoms with Gasteiger partial charge in [0, 0.05) is 59.4 Å². The van der Waals surface area contributed by atoms with Crippen LogP contribution in [0.1, 0.15) is 6.92 Å². The minimum atomic E-state index is 1.08. The van der Waals surface area contributed by atoms with Crippen LogP contribution in [0.3, 0.4) is 0 Å². The molecule has 3 heteroatoms. The average molecular weight is 586 g/mol. The summed E-state index contributed by atoms with van der Waals surface area (Å²) in [4.78, 5) is 0. The topological polar surface area (TPSA) is 13.8 Å². The molecule has 46 heavy (non-hydrogen) atoms. The molecule has 3 nitrogen and oxygen atoms in total. The summed E-state index contributed by atoms with van der Waals surface area (Å²) in [5, 5.41) is 13.8. The van der Waals surface area contributed by atoms with Crippen LogP contribution in [-0.4, -0.2) is 13.4 Å². The largest absolute Gasteiger partial charge is 0.309 e. The van der Waals surface area contributed by atoms with Gasteiger partial charge in [0.1, 0.15) is 0 Å². The zero-order valence-corrected chi connectivity index (χ0v) is 25.3. The van der Waals surface area contributed by atoms with Gasteiger partial charge in [-0.1, -0.05) is 91.5 Å². The van der Waals surface area contributed by atoms with Crippen LogP contribution in [0.25, 0.3) is 105 Å². The second kappa shape index (κ2) is 8.35. The van der Waals surface area contributed by atoms with E-state index in [-0.39, 0.29) is 0 Å². The van der Waals surface area contributed by atoms with Gasteiger partial charge in [-0.3, -0.25) is 0 Å². The van der Waals surface area contributed by atoms with E-state index < -0.39 is 0 Å². The third-order valence-corrected chi connectivity index (χ3v) is 10.3. The number of allylic oxidation sites excluding steroid dienone is 2. The molecule has 0 unspecified atom stereocenters. The van der Waals surface area contributed by atoms with Gasteiger partial charge in [-0.2, -0.15) is 0 Å². The molecule has 0 saturated carbocycles. The van der Waals surface area contributed by atoms with Crippen LogP contribution >= 0.6 is 0 Å². The molecular weight excluding hydrogens is 558 g/mol. The van der Waals surface area contributed by atoms with Crippen LogP contribution in [0.2, 0.25) is 0 Å². The van der Waals surface area contributed by atoms with Crippen LogP contribution in [0.5, 0.6) is 0 Å². The van der Waals surface area contributed by atoms with Gasteiger partial charge in [0.25, 0.3) is 0 Å². The third-order valence-electron chi connectivity index (χ3n) is 10.3. The third kappa shape index (κ3) is 2.72. The van der Waals surface area contributed by atoms with Crippen molar-refractivity contribution in [3.8, 4) is 5.69 Å². The SMILES string of the molecule is C=c1/c(=C\C=C/C)n2c3cc4c5cc6c7ccccc7n(-c7ccccc7)c6cc5n5c6ccccc6c(c3c3cccc1c32)c45. The summed E-state index contributed by atoms with van der Waals surface area (Å²) in [6.45, 7) is 6.63. The lowest BCUT2D eigenvalue weighted by Gasteiger charge is -2.07. The van der Waals surface area contributed by atoms with Crippen molar-refractivity contribution in [2.45, 2.75) is 6.92 Å². The average Bonchev–Trinajstić information content (AvgIpc) is 3.86. The van der Waals surface area contributed by atoms with Crippen LogP contribution < -0.4 is 10.6 Å². The summed E-state index contributed by atoms with van der Waals surface area (Å²) >= 11 is 0. The number of benzene rings is 6. The van der Waals surface area contributed by atoms with Gasteiger partial charge in [0.2, 0.25) is 0 Å². The number of hydrogen-bond donors (Lipinski definition) is 0. The van der Waals surface area contributed by atoms with Crippen molar-refractivity contribution in [1.82, 2.24) is 13.4 Å². The van der Waals surface area contributed by atoms with E-state index in [1.165, 1.54) is 92.8 Å². The summed E-state index contributed by atoms with van der Waals surface area (Å²) in [7, 11) is 0. The van der Waals surface area contributed by atoms with Gasteiger partial charge < -0.3 is 13.4 Å². The summed E-state index contributed by atoms with van der Waals surface area (Å²) in [6.07, 6.45) is 6.43. The molecular formula is C43H27N3. The Morgan fingerprint density at radius 3 is 2.07 bits per heavy atom. The molecule has 0 atom stereocenters. The zero-order chi connectivity index (χ0) is 30.3. The molecule has 11 aromatic rings. The summed E-state index contributed by atoms with van der Waals surface area (Å²) < 4.78 is 7.40. The van der Waals surface area contributed by atoms with Crippen molar-refractivity contribution in [1.29, 1.82) is 0 Å². The normalized spacial score (nSPS) is 13.5. The summed E-state index contributed by atoms with van der Waals surface area (Å²) in [5.41, 5.74) is 9.90. The van der Waals surface area contributed by atoms with E-state index in [0.29, 0.717) is 0 Å². The minimum Gasteiger partial charge on any atom is -0.309 e. The smallest absolute Gasteiger partial charge is 0.0628 e. The highest BCUT2D eigenvalue weighted by molar-refractivity contribution is 6.37. The quantitative estimate of drug-likeness (QED) is 0.192. The molecule has 0 aliphatic heterocycles. The molecule has 0 saturated heterocycles. The van der Waals surface area contributed by atoms with Gasteiger partial charge in [-0.25, -0.2) is 0 Å². The monoisotopic (exact) mass is 585 g/mol. The molecule has 0 radical (unpaired) electrons. The highest BCUT2D eigenvalue weighted by Gasteiger charge is 2.25. The molecule has 5 aromatic heterocycles. The first-order chi connectivity index (χ1) is 22.7. The van der Waals surface area contributed by atoms with E-state index in [1.54, 1.807) is 0 Å². The van der Waals surface area contributed by atoms with Crippen molar-refractivity contribution >= 4 is 99.7 Å². The molecule has 0 aliphatic rings. The number of nitrogens with zero attached hydrogens (tertiary/aromatic N) is 3. The highest BCUT2D eigenvalue weighted by Crippen LogP contribution is 2.47. The Labute approximate surface area is 263 Å². The van der Waals surface area contributed by atoms with Crippen molar-refractivity contribution in [2.75, 3.05) is 0 Å². The molecule has 5 heterocycles. The van der Waals surface area contributed by atoms with E-state index in [2.05, 4.69) is 160 Å². The highest BCUT2D eigenvalue weighted by atomic mass is 15.0. The van der Waals surface area contributed by atoms with E-state index in [9.17, 15) is 0 Å². The maximum absolute atomic E-state index is 4.56. The van der Waals surface area contributed by atoms with E-state index in [4.69, 9.17) is 0 Å². The fourth-order valence-corrected chi connectivity index (χ4v) is 8.55. The van der Waals surface area contributed by atoms with Crippen molar-refractivity contribution in [3.63, 3.8) is 0 Å². The van der Waals surface area contributed by atoms with Crippen LogP contribution in [0.4, 0.5) is 0 Å². The predicted octanol–water partition coefficient (Wildman–Crippen LogP) is 9.70. The first kappa shape index (κ1) is 24.3. The number of rotatable bonds is 2. The summed E-state index contributed by atoms with van der Waals surface area (Å²) in [5.74, 6) is 0. The van der Waals surface area contributed by atoms with E-state index >= 15 is 0 Å². The fourth-order valence-electron chi connectivity index (χ4n) is 8.55. The fraction of sp³-hybridized carbons (Fsp3) is 0.0233. The van der Waals surface area contributed by atoms with E-state index in [1.807, 2.05) is 0 Å².